The summed E-state index contributed by atoms with van der Waals surface area (Å²) in [5.74, 6) is 0.823. The van der Waals surface area contributed by atoms with Crippen molar-refractivity contribution in [1.29, 1.82) is 0 Å². The van der Waals surface area contributed by atoms with E-state index in [9.17, 15) is 5.11 Å². The molecule has 1 aromatic heterocycles. The first-order valence-electron chi connectivity index (χ1n) is 5.85. The molecule has 3 heteroatoms. The van der Waals surface area contributed by atoms with E-state index in [1.807, 2.05) is 37.3 Å². The van der Waals surface area contributed by atoms with Crippen LogP contribution in [0.15, 0.2) is 36.5 Å². The largest absolute Gasteiger partial charge is 0.490 e. The average Bonchev–Trinajstić information content (AvgIpc) is 2.28. The van der Waals surface area contributed by atoms with Crippen LogP contribution >= 0.6 is 0 Å². The maximum Gasteiger partial charge on any atom is 0.129 e. The zero-order valence-corrected chi connectivity index (χ0v) is 10.1. The Bertz CT molecular complexity index is 491. The summed E-state index contributed by atoms with van der Waals surface area (Å²) >= 11 is 0. The SMILES string of the molecule is CC(O)CC(C)Oc1cccc2ncccc12. The zero-order chi connectivity index (χ0) is 12.3. The molecular weight excluding hydrogens is 214 g/mol. The highest BCUT2D eigenvalue weighted by atomic mass is 16.5. The first-order chi connectivity index (χ1) is 8.16. The number of aliphatic hydroxyl groups is 1. The maximum atomic E-state index is 9.32. The molecule has 0 fully saturated rings. The lowest BCUT2D eigenvalue weighted by Gasteiger charge is -2.17. The van der Waals surface area contributed by atoms with Gasteiger partial charge in [-0.05, 0) is 38.1 Å². The molecule has 0 aliphatic heterocycles. The van der Waals surface area contributed by atoms with Gasteiger partial charge in [0, 0.05) is 18.0 Å². The van der Waals surface area contributed by atoms with Crippen LogP contribution in [0.3, 0.4) is 0 Å². The summed E-state index contributed by atoms with van der Waals surface area (Å²) in [7, 11) is 0. The van der Waals surface area contributed by atoms with E-state index in [4.69, 9.17) is 4.74 Å². The highest BCUT2D eigenvalue weighted by Crippen LogP contribution is 2.25. The van der Waals surface area contributed by atoms with Crippen LogP contribution in [0.2, 0.25) is 0 Å². The number of hydrogen-bond acceptors (Lipinski definition) is 3. The molecule has 2 atom stereocenters. The number of pyridine rings is 1. The van der Waals surface area contributed by atoms with E-state index >= 15 is 0 Å². The molecule has 17 heavy (non-hydrogen) atoms. The topological polar surface area (TPSA) is 42.4 Å². The third-order valence-electron chi connectivity index (χ3n) is 2.61. The van der Waals surface area contributed by atoms with Crippen LogP contribution in [-0.4, -0.2) is 22.3 Å². The lowest BCUT2D eigenvalue weighted by atomic mass is 10.2. The smallest absolute Gasteiger partial charge is 0.129 e. The Hall–Kier alpha value is -1.61. The van der Waals surface area contributed by atoms with Crippen molar-refractivity contribution in [1.82, 2.24) is 4.98 Å². The van der Waals surface area contributed by atoms with Crippen molar-refractivity contribution in [3.8, 4) is 5.75 Å². The number of fused-ring (bicyclic) bond motifs is 1. The lowest BCUT2D eigenvalue weighted by Crippen LogP contribution is -2.18. The van der Waals surface area contributed by atoms with Gasteiger partial charge in [0.25, 0.3) is 0 Å². The van der Waals surface area contributed by atoms with Crippen molar-refractivity contribution in [2.24, 2.45) is 0 Å². The van der Waals surface area contributed by atoms with Crippen LogP contribution < -0.4 is 4.74 Å². The highest BCUT2D eigenvalue weighted by Gasteiger charge is 2.09. The summed E-state index contributed by atoms with van der Waals surface area (Å²) in [5.41, 5.74) is 0.925. The summed E-state index contributed by atoms with van der Waals surface area (Å²) in [5, 5.41) is 10.3. The summed E-state index contributed by atoms with van der Waals surface area (Å²) in [6.45, 7) is 3.73. The number of aromatic nitrogens is 1. The van der Waals surface area contributed by atoms with E-state index in [0.29, 0.717) is 6.42 Å². The Balaban J connectivity index is 2.24. The Labute approximate surface area is 101 Å². The normalized spacial score (nSPS) is 14.5. The van der Waals surface area contributed by atoms with Crippen molar-refractivity contribution in [3.05, 3.63) is 36.5 Å². The predicted molar refractivity (Wildman–Crippen MR) is 68.1 cm³/mol. The van der Waals surface area contributed by atoms with Crippen LogP contribution in [0.1, 0.15) is 20.3 Å². The van der Waals surface area contributed by atoms with E-state index in [-0.39, 0.29) is 12.2 Å². The molecule has 0 aliphatic carbocycles. The maximum absolute atomic E-state index is 9.32. The van der Waals surface area contributed by atoms with Crippen LogP contribution in [0, 0.1) is 0 Å². The van der Waals surface area contributed by atoms with E-state index in [0.717, 1.165) is 16.7 Å². The standard InChI is InChI=1S/C14H17NO2/c1-10(16)9-11(2)17-14-7-3-6-13-12(14)5-4-8-15-13/h3-8,10-11,16H,9H2,1-2H3. The van der Waals surface area contributed by atoms with Gasteiger partial charge in [0.15, 0.2) is 0 Å². The monoisotopic (exact) mass is 231 g/mol. The second-order valence-electron chi connectivity index (χ2n) is 4.34. The van der Waals surface area contributed by atoms with Gasteiger partial charge in [-0.15, -0.1) is 0 Å². The number of hydrogen-bond donors (Lipinski definition) is 1. The quantitative estimate of drug-likeness (QED) is 0.879. The van der Waals surface area contributed by atoms with Crippen LogP contribution in [0.25, 0.3) is 10.9 Å². The minimum absolute atomic E-state index is 0.0131. The molecule has 2 aromatic rings. The number of benzene rings is 1. The first-order valence-corrected chi connectivity index (χ1v) is 5.85. The van der Waals surface area contributed by atoms with Crippen molar-refractivity contribution < 1.29 is 9.84 Å². The Morgan fingerprint density at radius 3 is 2.82 bits per heavy atom. The second-order valence-corrected chi connectivity index (χ2v) is 4.34. The molecule has 2 unspecified atom stereocenters. The summed E-state index contributed by atoms with van der Waals surface area (Å²) in [4.78, 5) is 4.28. The fourth-order valence-corrected chi connectivity index (χ4v) is 1.92. The summed E-state index contributed by atoms with van der Waals surface area (Å²) < 4.78 is 5.84. The molecule has 0 amide bonds. The lowest BCUT2D eigenvalue weighted by molar-refractivity contribution is 0.116. The van der Waals surface area contributed by atoms with Gasteiger partial charge >= 0.3 is 0 Å². The third kappa shape index (κ3) is 2.94. The van der Waals surface area contributed by atoms with Gasteiger partial charge in [0.2, 0.25) is 0 Å². The van der Waals surface area contributed by atoms with Gasteiger partial charge in [-0.25, -0.2) is 0 Å². The molecule has 1 heterocycles. The van der Waals surface area contributed by atoms with Gasteiger partial charge in [0.1, 0.15) is 5.75 Å². The molecule has 0 radical (unpaired) electrons. The highest BCUT2D eigenvalue weighted by molar-refractivity contribution is 5.84. The molecule has 0 saturated carbocycles. The van der Waals surface area contributed by atoms with E-state index in [1.54, 1.807) is 13.1 Å². The van der Waals surface area contributed by atoms with Gasteiger partial charge in [-0.1, -0.05) is 6.07 Å². The Morgan fingerprint density at radius 2 is 2.06 bits per heavy atom. The average molecular weight is 231 g/mol. The summed E-state index contributed by atoms with van der Waals surface area (Å²) in [6.07, 6.45) is 2.03. The molecule has 0 spiro atoms. The molecular formula is C14H17NO2. The van der Waals surface area contributed by atoms with Gasteiger partial charge in [-0.2, -0.15) is 0 Å². The number of ether oxygens (including phenoxy) is 1. The molecule has 0 saturated heterocycles. The van der Waals surface area contributed by atoms with Crippen molar-refractivity contribution >= 4 is 10.9 Å². The van der Waals surface area contributed by atoms with E-state index < -0.39 is 0 Å². The van der Waals surface area contributed by atoms with Gasteiger partial charge in [0.05, 0.1) is 17.7 Å². The fourth-order valence-electron chi connectivity index (χ4n) is 1.92. The second kappa shape index (κ2) is 5.15. The summed E-state index contributed by atoms with van der Waals surface area (Å²) in [6, 6.07) is 9.71. The molecule has 1 N–H and O–H groups in total. The number of rotatable bonds is 4. The molecule has 0 bridgehead atoms. The molecule has 90 valence electrons. The van der Waals surface area contributed by atoms with Crippen LogP contribution in [-0.2, 0) is 0 Å². The first kappa shape index (κ1) is 11.9. The van der Waals surface area contributed by atoms with E-state index in [1.165, 1.54) is 0 Å². The molecule has 1 aromatic carbocycles. The zero-order valence-electron chi connectivity index (χ0n) is 10.1. The number of aliphatic hydroxyl groups excluding tert-OH is 1. The molecule has 2 rings (SSSR count). The Morgan fingerprint density at radius 1 is 1.24 bits per heavy atom. The van der Waals surface area contributed by atoms with Crippen LogP contribution in [0.5, 0.6) is 5.75 Å². The number of nitrogens with zero attached hydrogens (tertiary/aromatic N) is 1. The predicted octanol–water partition coefficient (Wildman–Crippen LogP) is 2.77. The van der Waals surface area contributed by atoms with Crippen molar-refractivity contribution in [2.45, 2.75) is 32.5 Å². The minimum Gasteiger partial charge on any atom is -0.490 e. The third-order valence-corrected chi connectivity index (χ3v) is 2.61. The van der Waals surface area contributed by atoms with Crippen LogP contribution in [0.4, 0.5) is 0 Å². The Kier molecular flexibility index (Phi) is 3.59. The van der Waals surface area contributed by atoms with Gasteiger partial charge in [-0.3, -0.25) is 4.98 Å². The minimum atomic E-state index is -0.349. The molecule has 0 aliphatic rings. The molecule has 3 nitrogen and oxygen atoms in total. The van der Waals surface area contributed by atoms with Crippen molar-refractivity contribution in [2.75, 3.05) is 0 Å². The van der Waals surface area contributed by atoms with Gasteiger partial charge < -0.3 is 9.84 Å². The fraction of sp³-hybridized carbons (Fsp3) is 0.357. The van der Waals surface area contributed by atoms with E-state index in [2.05, 4.69) is 4.98 Å². The van der Waals surface area contributed by atoms with Crippen molar-refractivity contribution in [3.63, 3.8) is 0 Å².